The van der Waals surface area contributed by atoms with Crippen molar-refractivity contribution in [3.05, 3.63) is 144 Å². The summed E-state index contributed by atoms with van der Waals surface area (Å²) in [5, 5.41) is 21.8. The molecule has 0 heterocycles. The SMILES string of the molecule is COc1ccc(C(=Nc2ccccc2N=C(c2ccccc2)c2ccc(OC)cc2O)c2ccccc2)c(O)c1. The number of phenols is 2. The van der Waals surface area contributed by atoms with Gasteiger partial charge in [-0.25, -0.2) is 9.98 Å². The van der Waals surface area contributed by atoms with E-state index in [9.17, 15) is 10.2 Å². The first-order valence-electron chi connectivity index (χ1n) is 12.7. The van der Waals surface area contributed by atoms with Crippen LogP contribution in [0.2, 0.25) is 0 Å². The van der Waals surface area contributed by atoms with E-state index in [1.807, 2.05) is 84.9 Å². The highest BCUT2D eigenvalue weighted by molar-refractivity contribution is 6.17. The van der Waals surface area contributed by atoms with Crippen molar-refractivity contribution in [2.24, 2.45) is 9.98 Å². The molecule has 0 aliphatic carbocycles. The standard InChI is InChI=1S/C34H28N2O4/c1-39-25-17-19-27(31(37)21-25)33(23-11-5-3-6-12-23)35-29-15-9-10-16-30(29)36-34(24-13-7-4-8-14-24)28-20-18-26(40-2)22-32(28)38/h3-22,37-38H,1-2H3. The number of para-hydroxylation sites is 2. The molecule has 0 aromatic heterocycles. The maximum atomic E-state index is 10.9. The normalized spacial score (nSPS) is 11.8. The first-order chi connectivity index (χ1) is 19.6. The number of rotatable bonds is 8. The van der Waals surface area contributed by atoms with Gasteiger partial charge in [0.2, 0.25) is 0 Å². The van der Waals surface area contributed by atoms with Gasteiger partial charge in [0.05, 0.1) is 37.0 Å². The minimum atomic E-state index is 0.0519. The highest BCUT2D eigenvalue weighted by Gasteiger charge is 2.16. The molecule has 0 saturated carbocycles. The molecule has 0 unspecified atom stereocenters. The lowest BCUT2D eigenvalue weighted by Crippen LogP contribution is -2.05. The van der Waals surface area contributed by atoms with E-state index in [4.69, 9.17) is 19.5 Å². The lowest BCUT2D eigenvalue weighted by atomic mass is 10.0. The lowest BCUT2D eigenvalue weighted by Gasteiger charge is -2.13. The number of ether oxygens (including phenoxy) is 2. The van der Waals surface area contributed by atoms with Gasteiger partial charge in [-0.3, -0.25) is 0 Å². The van der Waals surface area contributed by atoms with Gasteiger partial charge in [-0.15, -0.1) is 0 Å². The fourth-order valence-corrected chi connectivity index (χ4v) is 4.32. The van der Waals surface area contributed by atoms with Crippen molar-refractivity contribution in [3.8, 4) is 23.0 Å². The number of hydrogen-bond donors (Lipinski definition) is 2. The zero-order chi connectivity index (χ0) is 27.9. The van der Waals surface area contributed by atoms with Crippen molar-refractivity contribution < 1.29 is 19.7 Å². The second-order valence-electron chi connectivity index (χ2n) is 8.91. The van der Waals surface area contributed by atoms with E-state index in [0.29, 0.717) is 45.4 Å². The summed E-state index contributed by atoms with van der Waals surface area (Å²) >= 11 is 0. The second-order valence-corrected chi connectivity index (χ2v) is 8.91. The molecule has 0 aliphatic rings. The third kappa shape index (κ3) is 5.71. The molecule has 0 bridgehead atoms. The zero-order valence-corrected chi connectivity index (χ0v) is 22.2. The van der Waals surface area contributed by atoms with Crippen LogP contribution in [0, 0.1) is 0 Å². The monoisotopic (exact) mass is 528 g/mol. The average Bonchev–Trinajstić information content (AvgIpc) is 3.00. The van der Waals surface area contributed by atoms with Crippen LogP contribution in [-0.2, 0) is 0 Å². The van der Waals surface area contributed by atoms with Crippen LogP contribution in [0.1, 0.15) is 22.3 Å². The van der Waals surface area contributed by atoms with Crippen molar-refractivity contribution >= 4 is 22.8 Å². The van der Waals surface area contributed by atoms with Gasteiger partial charge >= 0.3 is 0 Å². The summed E-state index contributed by atoms with van der Waals surface area (Å²) in [6.45, 7) is 0. The zero-order valence-electron chi connectivity index (χ0n) is 22.2. The van der Waals surface area contributed by atoms with Gasteiger partial charge in [-0.05, 0) is 36.4 Å². The van der Waals surface area contributed by atoms with Crippen LogP contribution in [0.3, 0.4) is 0 Å². The Morgan fingerprint density at radius 1 is 0.500 bits per heavy atom. The maximum absolute atomic E-state index is 10.9. The van der Waals surface area contributed by atoms with Gasteiger partial charge in [0.15, 0.2) is 0 Å². The highest BCUT2D eigenvalue weighted by Crippen LogP contribution is 2.34. The summed E-state index contributed by atoms with van der Waals surface area (Å²) in [6, 6.07) is 37.2. The Kier molecular flexibility index (Phi) is 7.88. The van der Waals surface area contributed by atoms with Crippen LogP contribution in [0.25, 0.3) is 0 Å². The van der Waals surface area contributed by atoms with E-state index in [1.54, 1.807) is 50.6 Å². The van der Waals surface area contributed by atoms with Crippen molar-refractivity contribution in [1.82, 2.24) is 0 Å². The minimum absolute atomic E-state index is 0.0519. The highest BCUT2D eigenvalue weighted by atomic mass is 16.5. The quantitative estimate of drug-likeness (QED) is 0.205. The largest absolute Gasteiger partial charge is 0.507 e. The molecule has 5 rings (SSSR count). The van der Waals surface area contributed by atoms with Gasteiger partial charge in [0.1, 0.15) is 23.0 Å². The summed E-state index contributed by atoms with van der Waals surface area (Å²) in [4.78, 5) is 10.1. The molecule has 0 fully saturated rings. The molecule has 0 radical (unpaired) electrons. The molecule has 6 nitrogen and oxygen atoms in total. The number of phenolic OH excluding ortho intramolecular Hbond substituents is 2. The fraction of sp³-hybridized carbons (Fsp3) is 0.0588. The predicted molar refractivity (Wildman–Crippen MR) is 159 cm³/mol. The smallest absolute Gasteiger partial charge is 0.128 e. The predicted octanol–water partition coefficient (Wildman–Crippen LogP) is 7.45. The number of benzene rings is 5. The topological polar surface area (TPSA) is 83.6 Å². The molecule has 0 amide bonds. The maximum Gasteiger partial charge on any atom is 0.128 e. The van der Waals surface area contributed by atoms with E-state index in [0.717, 1.165) is 11.1 Å². The van der Waals surface area contributed by atoms with Gasteiger partial charge in [0.25, 0.3) is 0 Å². The van der Waals surface area contributed by atoms with Crippen LogP contribution in [0.4, 0.5) is 11.4 Å². The Balaban J connectivity index is 1.71. The number of aromatic hydroxyl groups is 2. The minimum Gasteiger partial charge on any atom is -0.507 e. The van der Waals surface area contributed by atoms with Crippen LogP contribution >= 0.6 is 0 Å². The van der Waals surface area contributed by atoms with Crippen LogP contribution in [-0.4, -0.2) is 35.9 Å². The molecule has 40 heavy (non-hydrogen) atoms. The molecule has 198 valence electrons. The molecule has 0 aliphatic heterocycles. The molecular formula is C34H28N2O4. The first kappa shape index (κ1) is 26.3. The summed E-state index contributed by atoms with van der Waals surface area (Å²) in [7, 11) is 3.11. The summed E-state index contributed by atoms with van der Waals surface area (Å²) in [5.41, 5.74) is 5.13. The lowest BCUT2D eigenvalue weighted by molar-refractivity contribution is 0.407. The Labute approximate surface area is 233 Å². The van der Waals surface area contributed by atoms with E-state index in [-0.39, 0.29) is 11.5 Å². The number of hydrogen-bond acceptors (Lipinski definition) is 6. The third-order valence-electron chi connectivity index (χ3n) is 6.36. The van der Waals surface area contributed by atoms with E-state index in [2.05, 4.69) is 0 Å². The van der Waals surface area contributed by atoms with Gasteiger partial charge < -0.3 is 19.7 Å². The van der Waals surface area contributed by atoms with Crippen molar-refractivity contribution in [3.63, 3.8) is 0 Å². The third-order valence-corrected chi connectivity index (χ3v) is 6.36. The van der Waals surface area contributed by atoms with Crippen LogP contribution < -0.4 is 9.47 Å². The molecule has 0 atom stereocenters. The van der Waals surface area contributed by atoms with Gasteiger partial charge in [0, 0.05) is 34.4 Å². The van der Waals surface area contributed by atoms with E-state index >= 15 is 0 Å². The summed E-state index contributed by atoms with van der Waals surface area (Å²) in [5.74, 6) is 1.20. The summed E-state index contributed by atoms with van der Waals surface area (Å²) in [6.07, 6.45) is 0. The van der Waals surface area contributed by atoms with Crippen molar-refractivity contribution in [1.29, 1.82) is 0 Å². The molecule has 5 aromatic rings. The average molecular weight is 529 g/mol. The Morgan fingerprint density at radius 2 is 0.875 bits per heavy atom. The Morgan fingerprint density at radius 3 is 1.23 bits per heavy atom. The molecule has 5 aromatic carbocycles. The van der Waals surface area contributed by atoms with Crippen molar-refractivity contribution in [2.75, 3.05) is 14.2 Å². The number of methoxy groups -OCH3 is 2. The van der Waals surface area contributed by atoms with E-state index < -0.39 is 0 Å². The first-order valence-corrected chi connectivity index (χ1v) is 12.7. The summed E-state index contributed by atoms with van der Waals surface area (Å²) < 4.78 is 10.6. The molecular weight excluding hydrogens is 500 g/mol. The fourth-order valence-electron chi connectivity index (χ4n) is 4.32. The molecule has 6 heteroatoms. The molecule has 0 spiro atoms. The Bertz CT molecular complexity index is 1550. The number of nitrogens with zero attached hydrogens (tertiary/aromatic N) is 2. The molecule has 2 N–H and O–H groups in total. The van der Waals surface area contributed by atoms with Gasteiger partial charge in [-0.1, -0.05) is 72.8 Å². The number of aliphatic imine (C=N–C) groups is 2. The van der Waals surface area contributed by atoms with Crippen LogP contribution in [0.5, 0.6) is 23.0 Å². The van der Waals surface area contributed by atoms with Gasteiger partial charge in [-0.2, -0.15) is 0 Å². The van der Waals surface area contributed by atoms with Crippen molar-refractivity contribution in [2.45, 2.75) is 0 Å². The van der Waals surface area contributed by atoms with E-state index in [1.165, 1.54) is 0 Å². The van der Waals surface area contributed by atoms with Crippen LogP contribution in [0.15, 0.2) is 131 Å². The second kappa shape index (κ2) is 12.0. The Hall–Kier alpha value is -5.36. The molecule has 0 saturated heterocycles.